The van der Waals surface area contributed by atoms with E-state index < -0.39 is 5.54 Å². The molecule has 2 N–H and O–H groups in total. The molecule has 1 aliphatic carbocycles. The lowest BCUT2D eigenvalue weighted by atomic mass is 9.86. The molecule has 7 heteroatoms. The molecule has 206 valence electrons. The van der Waals surface area contributed by atoms with Gasteiger partial charge in [-0.05, 0) is 73.4 Å². The molecule has 0 bridgehead atoms. The smallest absolute Gasteiger partial charge is 0.254 e. The van der Waals surface area contributed by atoms with E-state index in [2.05, 4.69) is 30.1 Å². The molecule has 4 atom stereocenters. The molecule has 0 radical (unpaired) electrons. The Kier molecular flexibility index (Phi) is 7.99. The van der Waals surface area contributed by atoms with Crippen molar-refractivity contribution in [3.63, 3.8) is 0 Å². The Hall–Kier alpha value is -4.02. The van der Waals surface area contributed by atoms with Gasteiger partial charge in [0.25, 0.3) is 5.91 Å². The van der Waals surface area contributed by atoms with Gasteiger partial charge in [-0.1, -0.05) is 68.8 Å². The summed E-state index contributed by atoms with van der Waals surface area (Å²) in [5.74, 6) is 0.762. The standard InChI is InChI=1S/C33H37N5O2/c1-4-22(2)29-15-10-16-38(29)31(39)27-18-25(28-14-9-8-13-24(28)21-34)17-26(19-27)30-36-37-32(40-30)33(3,35)20-23-11-6-5-7-12-23/h5-9,11-12,14,17-19,22,24,29H,4,10,13,15-16,20,35H2,1-3H3/t22?,24?,29?,33-/m1/s1. The van der Waals surface area contributed by atoms with E-state index in [1.165, 1.54) is 0 Å². The molecule has 0 spiro atoms. The summed E-state index contributed by atoms with van der Waals surface area (Å²) in [7, 11) is 0. The van der Waals surface area contributed by atoms with Crippen LogP contribution in [-0.2, 0) is 12.0 Å². The number of aromatic nitrogens is 2. The van der Waals surface area contributed by atoms with Crippen molar-refractivity contribution < 1.29 is 9.21 Å². The van der Waals surface area contributed by atoms with Crippen molar-refractivity contribution in [3.05, 3.63) is 89.3 Å². The molecule has 2 aromatic carbocycles. The lowest BCUT2D eigenvalue weighted by Crippen LogP contribution is -2.39. The van der Waals surface area contributed by atoms with Crippen LogP contribution in [0.25, 0.3) is 17.0 Å². The molecule has 1 aromatic heterocycles. The summed E-state index contributed by atoms with van der Waals surface area (Å²) in [4.78, 5) is 16.0. The van der Waals surface area contributed by atoms with Gasteiger partial charge in [-0.25, -0.2) is 0 Å². The first-order valence-corrected chi connectivity index (χ1v) is 14.2. The Morgan fingerprint density at radius 1 is 1.23 bits per heavy atom. The van der Waals surface area contributed by atoms with Gasteiger partial charge in [0, 0.05) is 23.7 Å². The third-order valence-electron chi connectivity index (χ3n) is 8.26. The van der Waals surface area contributed by atoms with Crippen LogP contribution in [0, 0.1) is 23.2 Å². The number of allylic oxidation sites excluding steroid dienone is 4. The van der Waals surface area contributed by atoms with Crippen LogP contribution in [-0.4, -0.2) is 33.6 Å². The summed E-state index contributed by atoms with van der Waals surface area (Å²) < 4.78 is 6.17. The number of carbonyl (C=O) groups excluding carboxylic acids is 1. The van der Waals surface area contributed by atoms with E-state index in [1.807, 2.05) is 78.6 Å². The van der Waals surface area contributed by atoms with Crippen molar-refractivity contribution in [2.75, 3.05) is 6.54 Å². The van der Waals surface area contributed by atoms with Crippen LogP contribution >= 0.6 is 0 Å². The second-order valence-corrected chi connectivity index (χ2v) is 11.4. The highest BCUT2D eigenvalue weighted by Crippen LogP contribution is 2.35. The number of nitrogens with zero attached hydrogens (tertiary/aromatic N) is 4. The molecule has 1 amide bonds. The molecule has 40 heavy (non-hydrogen) atoms. The van der Waals surface area contributed by atoms with Gasteiger partial charge < -0.3 is 15.1 Å². The van der Waals surface area contributed by atoms with E-state index in [1.54, 1.807) is 0 Å². The molecule has 3 unspecified atom stereocenters. The van der Waals surface area contributed by atoms with Crippen molar-refractivity contribution in [2.24, 2.45) is 17.6 Å². The largest absolute Gasteiger partial charge is 0.419 e. The summed E-state index contributed by atoms with van der Waals surface area (Å²) >= 11 is 0. The second-order valence-electron chi connectivity index (χ2n) is 11.4. The Bertz CT molecular complexity index is 1460. The Morgan fingerprint density at radius 3 is 2.75 bits per heavy atom. The number of carbonyl (C=O) groups is 1. The number of rotatable bonds is 8. The van der Waals surface area contributed by atoms with Gasteiger partial charge in [0.05, 0.1) is 17.5 Å². The van der Waals surface area contributed by atoms with E-state index in [9.17, 15) is 10.1 Å². The minimum Gasteiger partial charge on any atom is -0.419 e. The molecule has 3 aromatic rings. The Labute approximate surface area is 236 Å². The van der Waals surface area contributed by atoms with Gasteiger partial charge >= 0.3 is 0 Å². The van der Waals surface area contributed by atoms with Crippen LogP contribution < -0.4 is 5.73 Å². The maximum Gasteiger partial charge on any atom is 0.254 e. The van der Waals surface area contributed by atoms with Gasteiger partial charge in [0.15, 0.2) is 0 Å². The number of likely N-dealkylation sites (tertiary alicyclic amines) is 1. The van der Waals surface area contributed by atoms with Gasteiger partial charge in [0.1, 0.15) is 0 Å². The first-order valence-electron chi connectivity index (χ1n) is 14.2. The highest BCUT2D eigenvalue weighted by molar-refractivity contribution is 5.97. The minimum atomic E-state index is -0.871. The SMILES string of the molecule is CCC(C)C1CCCN1C(=O)c1cc(C2=CC=CCC2C#N)cc(-c2nnc([C@](C)(N)Cc3ccccc3)o2)c1. The summed E-state index contributed by atoms with van der Waals surface area (Å²) in [6.07, 6.45) is 10.1. The molecule has 0 saturated carbocycles. The highest BCUT2D eigenvalue weighted by Gasteiger charge is 2.34. The quantitative estimate of drug-likeness (QED) is 0.363. The van der Waals surface area contributed by atoms with Crippen LogP contribution in [0.3, 0.4) is 0 Å². The fourth-order valence-electron chi connectivity index (χ4n) is 5.83. The lowest BCUT2D eigenvalue weighted by molar-refractivity contribution is 0.0692. The zero-order chi connectivity index (χ0) is 28.3. The molecule has 7 nitrogen and oxygen atoms in total. The average Bonchev–Trinajstić information content (AvgIpc) is 3.68. The zero-order valence-corrected chi connectivity index (χ0v) is 23.5. The molecular formula is C33H37N5O2. The Morgan fingerprint density at radius 2 is 2.00 bits per heavy atom. The van der Waals surface area contributed by atoms with Crippen LogP contribution in [0.2, 0.25) is 0 Å². The molecule has 5 rings (SSSR count). The van der Waals surface area contributed by atoms with E-state index in [-0.39, 0.29) is 17.9 Å². The van der Waals surface area contributed by atoms with Gasteiger partial charge in [-0.15, -0.1) is 10.2 Å². The zero-order valence-electron chi connectivity index (χ0n) is 23.5. The van der Waals surface area contributed by atoms with Gasteiger partial charge in [-0.3, -0.25) is 4.79 Å². The first kappa shape index (κ1) is 27.5. The van der Waals surface area contributed by atoms with Crippen molar-refractivity contribution in [2.45, 2.75) is 64.5 Å². The monoisotopic (exact) mass is 535 g/mol. The first-order chi connectivity index (χ1) is 19.3. The van der Waals surface area contributed by atoms with Crippen molar-refractivity contribution in [3.8, 4) is 17.5 Å². The molecular weight excluding hydrogens is 498 g/mol. The third kappa shape index (κ3) is 5.64. The number of benzene rings is 2. The van der Waals surface area contributed by atoms with Crippen LogP contribution in [0.15, 0.2) is 71.2 Å². The normalized spacial score (nSPS) is 21.0. The molecule has 2 aliphatic rings. The molecule has 1 fully saturated rings. The van der Waals surface area contributed by atoms with E-state index in [4.69, 9.17) is 10.2 Å². The summed E-state index contributed by atoms with van der Waals surface area (Å²) in [6, 6.07) is 18.3. The molecule has 2 heterocycles. The second kappa shape index (κ2) is 11.6. The highest BCUT2D eigenvalue weighted by atomic mass is 16.4. The van der Waals surface area contributed by atoms with E-state index in [0.717, 1.165) is 42.5 Å². The van der Waals surface area contributed by atoms with Crippen LogP contribution in [0.5, 0.6) is 0 Å². The van der Waals surface area contributed by atoms with Crippen LogP contribution in [0.1, 0.15) is 73.8 Å². The maximum absolute atomic E-state index is 14.0. The average molecular weight is 536 g/mol. The number of hydrogen-bond acceptors (Lipinski definition) is 6. The van der Waals surface area contributed by atoms with E-state index in [0.29, 0.717) is 41.7 Å². The third-order valence-corrected chi connectivity index (χ3v) is 8.26. The van der Waals surface area contributed by atoms with Gasteiger partial charge in [-0.2, -0.15) is 5.26 Å². The molecule has 1 saturated heterocycles. The number of nitrogens with two attached hydrogens (primary N) is 1. The fraction of sp³-hybridized carbons (Fsp3) is 0.394. The van der Waals surface area contributed by atoms with Gasteiger partial charge in [0.2, 0.25) is 11.8 Å². The summed E-state index contributed by atoms with van der Waals surface area (Å²) in [5, 5.41) is 18.5. The summed E-state index contributed by atoms with van der Waals surface area (Å²) in [5.41, 5.74) is 9.76. The van der Waals surface area contributed by atoms with E-state index >= 15 is 0 Å². The topological polar surface area (TPSA) is 109 Å². The minimum absolute atomic E-state index is 0.00108. The fourth-order valence-corrected chi connectivity index (χ4v) is 5.83. The summed E-state index contributed by atoms with van der Waals surface area (Å²) in [6.45, 7) is 7.01. The number of hydrogen-bond donors (Lipinski definition) is 1. The predicted molar refractivity (Wildman–Crippen MR) is 156 cm³/mol. The lowest BCUT2D eigenvalue weighted by Gasteiger charge is -2.29. The number of amides is 1. The Balaban J connectivity index is 1.54. The number of nitriles is 1. The van der Waals surface area contributed by atoms with Crippen molar-refractivity contribution in [1.82, 2.24) is 15.1 Å². The van der Waals surface area contributed by atoms with Crippen molar-refractivity contribution in [1.29, 1.82) is 5.26 Å². The van der Waals surface area contributed by atoms with Crippen molar-refractivity contribution >= 4 is 11.5 Å². The maximum atomic E-state index is 14.0. The molecule has 1 aliphatic heterocycles. The van der Waals surface area contributed by atoms with Crippen LogP contribution in [0.4, 0.5) is 0 Å². The predicted octanol–water partition coefficient (Wildman–Crippen LogP) is 6.29.